The number of nitrogens with zero attached hydrogens (tertiary/aromatic N) is 4. The molecular weight excluding hydrogens is 338 g/mol. The van der Waals surface area contributed by atoms with Crippen molar-refractivity contribution in [2.24, 2.45) is 0 Å². The Morgan fingerprint density at radius 3 is 2.93 bits per heavy atom. The van der Waals surface area contributed by atoms with Gasteiger partial charge in [-0.25, -0.2) is 4.98 Å². The van der Waals surface area contributed by atoms with E-state index < -0.39 is 0 Å². The highest BCUT2D eigenvalue weighted by Crippen LogP contribution is 2.18. The van der Waals surface area contributed by atoms with Crippen LogP contribution in [-0.4, -0.2) is 62.1 Å². The first-order valence-electron chi connectivity index (χ1n) is 10.2. The third-order valence-electron chi connectivity index (χ3n) is 5.30. The fourth-order valence-electron chi connectivity index (χ4n) is 3.83. The van der Waals surface area contributed by atoms with E-state index in [1.165, 1.54) is 18.5 Å². The van der Waals surface area contributed by atoms with Crippen LogP contribution < -0.4 is 0 Å². The zero-order valence-corrected chi connectivity index (χ0v) is 16.7. The van der Waals surface area contributed by atoms with E-state index in [0.29, 0.717) is 6.04 Å². The van der Waals surface area contributed by atoms with Gasteiger partial charge in [-0.15, -0.1) is 0 Å². The van der Waals surface area contributed by atoms with Gasteiger partial charge in [0.15, 0.2) is 0 Å². The van der Waals surface area contributed by atoms with E-state index in [1.807, 2.05) is 19.2 Å². The largest absolute Gasteiger partial charge is 0.396 e. The van der Waals surface area contributed by atoms with Crippen LogP contribution in [0.5, 0.6) is 0 Å². The molecule has 0 spiro atoms. The Kier molecular flexibility index (Phi) is 7.38. The molecule has 2 aromatic heterocycles. The number of unbranched alkanes of at least 4 members (excludes halogenated alkanes) is 1. The van der Waals surface area contributed by atoms with Crippen LogP contribution in [-0.2, 0) is 19.5 Å². The fraction of sp³-hybridized carbons (Fsp3) is 0.619. The Morgan fingerprint density at radius 2 is 2.15 bits per heavy atom. The van der Waals surface area contributed by atoms with E-state index in [-0.39, 0.29) is 6.61 Å². The first-order chi connectivity index (χ1) is 13.2. The Labute approximate surface area is 162 Å². The summed E-state index contributed by atoms with van der Waals surface area (Å²) >= 11 is 0. The lowest BCUT2D eigenvalue weighted by atomic mass is 10.1. The average molecular weight is 372 g/mol. The highest BCUT2D eigenvalue weighted by atomic mass is 16.3. The third-order valence-corrected chi connectivity index (χ3v) is 5.30. The molecule has 1 saturated heterocycles. The number of piperazine rings is 1. The van der Waals surface area contributed by atoms with E-state index in [9.17, 15) is 5.11 Å². The summed E-state index contributed by atoms with van der Waals surface area (Å²) < 4.78 is 0. The minimum absolute atomic E-state index is 0.224. The number of rotatable bonds is 9. The molecule has 0 aromatic carbocycles. The number of aliphatic hydroxyl groups excluding tert-OH is 1. The van der Waals surface area contributed by atoms with Crippen LogP contribution in [0.1, 0.15) is 49.1 Å². The maximum absolute atomic E-state index is 9.53. The smallest absolute Gasteiger partial charge is 0.106 e. The second kappa shape index (κ2) is 9.97. The molecule has 6 nitrogen and oxygen atoms in total. The van der Waals surface area contributed by atoms with Crippen LogP contribution in [0.2, 0.25) is 0 Å². The number of hydrogen-bond acceptors (Lipinski definition) is 5. The van der Waals surface area contributed by atoms with Crippen LogP contribution in [0.4, 0.5) is 0 Å². The molecule has 0 saturated carbocycles. The highest BCUT2D eigenvalue weighted by Gasteiger charge is 2.27. The van der Waals surface area contributed by atoms with Gasteiger partial charge >= 0.3 is 0 Å². The van der Waals surface area contributed by atoms with E-state index >= 15 is 0 Å². The molecule has 1 aliphatic rings. The van der Waals surface area contributed by atoms with Crippen LogP contribution in [0, 0.1) is 6.92 Å². The lowest BCUT2D eigenvalue weighted by molar-refractivity contribution is 0.0486. The van der Waals surface area contributed by atoms with Crippen LogP contribution in [0.25, 0.3) is 0 Å². The van der Waals surface area contributed by atoms with Crippen molar-refractivity contribution >= 4 is 0 Å². The first kappa shape index (κ1) is 20.0. The van der Waals surface area contributed by atoms with Crippen LogP contribution in [0.15, 0.2) is 24.4 Å². The summed E-state index contributed by atoms with van der Waals surface area (Å²) in [5.74, 6) is 1.10. The molecule has 6 heteroatoms. The monoisotopic (exact) mass is 371 g/mol. The average Bonchev–Trinajstić information content (AvgIpc) is 3.10. The zero-order chi connectivity index (χ0) is 19.1. The number of pyridine rings is 1. The van der Waals surface area contributed by atoms with Crippen molar-refractivity contribution in [1.29, 1.82) is 0 Å². The van der Waals surface area contributed by atoms with Gasteiger partial charge in [-0.3, -0.25) is 14.8 Å². The highest BCUT2D eigenvalue weighted by molar-refractivity contribution is 5.10. The Hall–Kier alpha value is -1.76. The SMILES string of the molecule is CCCCc1ncc(CN2CCN(Cc3cccc(C)n3)[C@H](CCO)C2)[nH]1. The van der Waals surface area contributed by atoms with E-state index in [2.05, 4.69) is 43.8 Å². The van der Waals surface area contributed by atoms with Crippen molar-refractivity contribution in [1.82, 2.24) is 24.8 Å². The molecule has 0 amide bonds. The third kappa shape index (κ3) is 5.86. The molecule has 148 valence electrons. The number of aryl methyl sites for hydroxylation is 2. The molecule has 1 atom stereocenters. The summed E-state index contributed by atoms with van der Waals surface area (Å²) in [7, 11) is 0. The maximum Gasteiger partial charge on any atom is 0.106 e. The van der Waals surface area contributed by atoms with Gasteiger partial charge in [-0.2, -0.15) is 0 Å². The molecule has 0 bridgehead atoms. The van der Waals surface area contributed by atoms with E-state index in [4.69, 9.17) is 0 Å². The summed E-state index contributed by atoms with van der Waals surface area (Å²) in [6, 6.07) is 6.56. The Bertz CT molecular complexity index is 701. The quantitative estimate of drug-likeness (QED) is 0.709. The zero-order valence-electron chi connectivity index (χ0n) is 16.7. The lowest BCUT2D eigenvalue weighted by Crippen LogP contribution is -2.52. The molecule has 1 fully saturated rings. The van der Waals surface area contributed by atoms with Gasteiger partial charge in [0.05, 0.1) is 5.69 Å². The van der Waals surface area contributed by atoms with Crippen LogP contribution in [0.3, 0.4) is 0 Å². The molecule has 2 N–H and O–H groups in total. The second-order valence-corrected chi connectivity index (χ2v) is 7.60. The van der Waals surface area contributed by atoms with E-state index in [0.717, 1.165) is 62.8 Å². The lowest BCUT2D eigenvalue weighted by Gasteiger charge is -2.41. The summed E-state index contributed by atoms with van der Waals surface area (Å²) in [6.07, 6.45) is 6.18. The Morgan fingerprint density at radius 1 is 1.26 bits per heavy atom. The Balaban J connectivity index is 1.57. The molecule has 3 rings (SSSR count). The van der Waals surface area contributed by atoms with Gasteiger partial charge < -0.3 is 10.1 Å². The van der Waals surface area contributed by atoms with Crippen molar-refractivity contribution in [3.05, 3.63) is 47.3 Å². The molecule has 0 unspecified atom stereocenters. The summed E-state index contributed by atoms with van der Waals surface area (Å²) in [4.78, 5) is 17.6. The van der Waals surface area contributed by atoms with Gasteiger partial charge in [0.1, 0.15) is 5.82 Å². The van der Waals surface area contributed by atoms with Gasteiger partial charge in [-0.05, 0) is 31.9 Å². The summed E-state index contributed by atoms with van der Waals surface area (Å²) in [5, 5.41) is 9.53. The fourth-order valence-corrected chi connectivity index (χ4v) is 3.83. The molecule has 1 aliphatic heterocycles. The first-order valence-corrected chi connectivity index (χ1v) is 10.2. The number of H-pyrrole nitrogens is 1. The number of imidazole rings is 1. The number of aromatic nitrogens is 3. The van der Waals surface area contributed by atoms with Crippen molar-refractivity contribution < 1.29 is 5.11 Å². The molecule has 0 radical (unpaired) electrons. The molecule has 27 heavy (non-hydrogen) atoms. The van der Waals surface area contributed by atoms with Crippen molar-refractivity contribution in [2.75, 3.05) is 26.2 Å². The minimum Gasteiger partial charge on any atom is -0.396 e. The number of aromatic amines is 1. The summed E-state index contributed by atoms with van der Waals surface area (Å²) in [5.41, 5.74) is 3.36. The van der Waals surface area contributed by atoms with Crippen molar-refractivity contribution in [3.63, 3.8) is 0 Å². The van der Waals surface area contributed by atoms with Crippen LogP contribution >= 0.6 is 0 Å². The van der Waals surface area contributed by atoms with Crippen molar-refractivity contribution in [3.8, 4) is 0 Å². The van der Waals surface area contributed by atoms with E-state index in [1.54, 1.807) is 0 Å². The van der Waals surface area contributed by atoms with Gasteiger partial charge in [-0.1, -0.05) is 19.4 Å². The molecule has 3 heterocycles. The minimum atomic E-state index is 0.224. The number of aliphatic hydroxyl groups is 1. The van der Waals surface area contributed by atoms with Gasteiger partial charge in [0.2, 0.25) is 0 Å². The van der Waals surface area contributed by atoms with Crippen molar-refractivity contribution in [2.45, 2.75) is 58.7 Å². The normalized spacial score (nSPS) is 18.9. The molecular formula is C21H33N5O. The summed E-state index contributed by atoms with van der Waals surface area (Å²) in [6.45, 7) is 9.21. The predicted molar refractivity (Wildman–Crippen MR) is 107 cm³/mol. The molecule has 0 aliphatic carbocycles. The standard InChI is InChI=1S/C21H33N5O/c1-3-4-8-21-22-13-19(24-21)14-25-10-11-26(20(16-25)9-12-27)15-18-7-5-6-17(2)23-18/h5-7,13,20,27H,3-4,8-12,14-16H2,1-2H3,(H,22,24)/t20-/m1/s1. The van der Waals surface area contributed by atoms with Gasteiger partial charge in [0, 0.05) is 69.4 Å². The number of nitrogens with one attached hydrogen (secondary N) is 1. The second-order valence-electron chi connectivity index (χ2n) is 7.60. The van der Waals surface area contributed by atoms with Gasteiger partial charge in [0.25, 0.3) is 0 Å². The molecule has 2 aromatic rings. The predicted octanol–water partition coefficient (Wildman–Crippen LogP) is 2.52. The topological polar surface area (TPSA) is 68.3 Å². The number of hydrogen-bond donors (Lipinski definition) is 2. The maximum atomic E-state index is 9.53.